The van der Waals surface area contributed by atoms with Crippen molar-refractivity contribution in [1.29, 1.82) is 0 Å². The lowest BCUT2D eigenvalue weighted by molar-refractivity contribution is -0.385. The molecular formula is C13H13N3O3S. The highest BCUT2D eigenvalue weighted by Gasteiger charge is 2.10. The molecule has 7 heteroatoms. The van der Waals surface area contributed by atoms with Crippen LogP contribution in [0.2, 0.25) is 0 Å². The summed E-state index contributed by atoms with van der Waals surface area (Å²) < 4.78 is 0. The molecule has 0 aliphatic carbocycles. The number of nitro groups is 1. The number of primary amides is 1. The van der Waals surface area contributed by atoms with E-state index in [1.54, 1.807) is 30.5 Å². The van der Waals surface area contributed by atoms with E-state index in [9.17, 15) is 14.9 Å². The Hall–Kier alpha value is -2.41. The van der Waals surface area contributed by atoms with Crippen LogP contribution in [0.4, 0.5) is 11.4 Å². The number of aryl methyl sites for hydroxylation is 1. The lowest BCUT2D eigenvalue weighted by Gasteiger charge is -2.06. The lowest BCUT2D eigenvalue weighted by Crippen LogP contribution is -2.09. The van der Waals surface area contributed by atoms with E-state index in [2.05, 4.69) is 5.32 Å². The van der Waals surface area contributed by atoms with Crippen LogP contribution in [0.25, 0.3) is 0 Å². The van der Waals surface area contributed by atoms with Crippen molar-refractivity contribution in [2.45, 2.75) is 13.5 Å². The molecular weight excluding hydrogens is 278 g/mol. The van der Waals surface area contributed by atoms with Crippen LogP contribution in [-0.2, 0) is 6.54 Å². The van der Waals surface area contributed by atoms with E-state index in [4.69, 9.17) is 5.73 Å². The van der Waals surface area contributed by atoms with Gasteiger partial charge in [-0.1, -0.05) is 0 Å². The van der Waals surface area contributed by atoms with Gasteiger partial charge in [0.15, 0.2) is 0 Å². The third-order valence-corrected chi connectivity index (χ3v) is 3.74. The van der Waals surface area contributed by atoms with Gasteiger partial charge >= 0.3 is 0 Å². The number of thiophene rings is 1. The van der Waals surface area contributed by atoms with E-state index in [0.29, 0.717) is 17.7 Å². The van der Waals surface area contributed by atoms with Crippen LogP contribution in [0, 0.1) is 17.0 Å². The molecule has 0 aliphatic heterocycles. The fourth-order valence-corrected chi connectivity index (χ4v) is 2.58. The predicted octanol–water partition coefficient (Wildman–Crippen LogP) is 2.68. The minimum atomic E-state index is -0.446. The zero-order valence-electron chi connectivity index (χ0n) is 10.8. The van der Waals surface area contributed by atoms with Crippen LogP contribution in [-0.4, -0.2) is 10.8 Å². The minimum Gasteiger partial charge on any atom is -0.380 e. The summed E-state index contributed by atoms with van der Waals surface area (Å²) in [6.07, 6.45) is 0. The number of amides is 1. The van der Waals surface area contributed by atoms with Crippen molar-refractivity contribution in [2.24, 2.45) is 5.73 Å². The van der Waals surface area contributed by atoms with Gasteiger partial charge in [0.25, 0.3) is 5.69 Å². The topological polar surface area (TPSA) is 98.3 Å². The summed E-state index contributed by atoms with van der Waals surface area (Å²) in [7, 11) is 0. The maximum absolute atomic E-state index is 11.0. The summed E-state index contributed by atoms with van der Waals surface area (Å²) in [5.41, 5.74) is 7.17. The Labute approximate surface area is 119 Å². The molecule has 0 radical (unpaired) electrons. The Kier molecular flexibility index (Phi) is 3.99. The minimum absolute atomic E-state index is 0.0997. The third-order valence-electron chi connectivity index (χ3n) is 2.80. The normalized spacial score (nSPS) is 10.2. The van der Waals surface area contributed by atoms with Gasteiger partial charge in [-0.15, -0.1) is 11.3 Å². The van der Waals surface area contributed by atoms with Crippen molar-refractivity contribution in [2.75, 3.05) is 5.32 Å². The van der Waals surface area contributed by atoms with Crippen molar-refractivity contribution < 1.29 is 9.72 Å². The Morgan fingerprint density at radius 2 is 2.20 bits per heavy atom. The van der Waals surface area contributed by atoms with Gasteiger partial charge in [-0.05, 0) is 25.1 Å². The number of hydrogen-bond acceptors (Lipinski definition) is 5. The first kappa shape index (κ1) is 14.0. The predicted molar refractivity (Wildman–Crippen MR) is 78.0 cm³/mol. The fraction of sp³-hybridized carbons (Fsp3) is 0.154. The summed E-state index contributed by atoms with van der Waals surface area (Å²) in [5, 5.41) is 15.6. The smallest absolute Gasteiger partial charge is 0.272 e. The molecule has 0 bridgehead atoms. The maximum atomic E-state index is 11.0. The average Bonchev–Trinajstić information content (AvgIpc) is 2.85. The first-order chi connectivity index (χ1) is 9.47. The number of nitrogens with two attached hydrogens (primary N) is 1. The first-order valence-electron chi connectivity index (χ1n) is 5.83. The van der Waals surface area contributed by atoms with Crippen LogP contribution >= 0.6 is 11.3 Å². The summed E-state index contributed by atoms with van der Waals surface area (Å²) in [4.78, 5) is 22.3. The van der Waals surface area contributed by atoms with E-state index in [1.165, 1.54) is 17.4 Å². The number of nitrogens with zero attached hydrogens (tertiary/aromatic N) is 1. The highest BCUT2D eigenvalue weighted by atomic mass is 32.1. The zero-order valence-corrected chi connectivity index (χ0v) is 11.6. The van der Waals surface area contributed by atoms with Crippen LogP contribution in [0.3, 0.4) is 0 Å². The van der Waals surface area contributed by atoms with E-state index in [-0.39, 0.29) is 5.69 Å². The summed E-state index contributed by atoms with van der Waals surface area (Å²) in [5.74, 6) is -0.446. The number of rotatable bonds is 5. The van der Waals surface area contributed by atoms with Gasteiger partial charge in [-0.25, -0.2) is 0 Å². The SMILES string of the molecule is Cc1cc(NCc2cc(C(N)=O)cs2)ccc1[N+](=O)[O-]. The van der Waals surface area contributed by atoms with E-state index < -0.39 is 10.8 Å². The highest BCUT2D eigenvalue weighted by molar-refractivity contribution is 7.10. The van der Waals surface area contributed by atoms with Crippen molar-refractivity contribution in [3.63, 3.8) is 0 Å². The number of anilines is 1. The van der Waals surface area contributed by atoms with Crippen LogP contribution in [0.1, 0.15) is 20.8 Å². The molecule has 3 N–H and O–H groups in total. The number of nitrogens with one attached hydrogen (secondary N) is 1. The largest absolute Gasteiger partial charge is 0.380 e. The van der Waals surface area contributed by atoms with Gasteiger partial charge in [-0.2, -0.15) is 0 Å². The maximum Gasteiger partial charge on any atom is 0.272 e. The van der Waals surface area contributed by atoms with E-state index in [1.807, 2.05) is 0 Å². The van der Waals surface area contributed by atoms with Crippen LogP contribution in [0.5, 0.6) is 0 Å². The zero-order chi connectivity index (χ0) is 14.7. The molecule has 0 aliphatic rings. The van der Waals surface area contributed by atoms with Crippen LogP contribution in [0.15, 0.2) is 29.6 Å². The summed E-state index contributed by atoms with van der Waals surface area (Å²) in [6.45, 7) is 2.23. The highest BCUT2D eigenvalue weighted by Crippen LogP contribution is 2.22. The van der Waals surface area contributed by atoms with Crippen molar-refractivity contribution in [1.82, 2.24) is 0 Å². The first-order valence-corrected chi connectivity index (χ1v) is 6.71. The number of nitro benzene ring substituents is 1. The Morgan fingerprint density at radius 1 is 1.45 bits per heavy atom. The van der Waals surface area contributed by atoms with Crippen LogP contribution < -0.4 is 11.1 Å². The second-order valence-electron chi connectivity index (χ2n) is 4.28. The molecule has 0 spiro atoms. The molecule has 0 fully saturated rings. The second-order valence-corrected chi connectivity index (χ2v) is 5.27. The molecule has 0 saturated carbocycles. The monoisotopic (exact) mass is 291 g/mol. The Balaban J connectivity index is 2.05. The molecule has 20 heavy (non-hydrogen) atoms. The van der Waals surface area contributed by atoms with Gasteiger partial charge in [0.1, 0.15) is 0 Å². The molecule has 0 atom stereocenters. The number of hydrogen-bond donors (Lipinski definition) is 2. The molecule has 1 aromatic carbocycles. The molecule has 104 valence electrons. The van der Waals surface area contributed by atoms with Gasteiger partial charge in [0.05, 0.1) is 10.5 Å². The lowest BCUT2D eigenvalue weighted by atomic mass is 10.2. The Bertz CT molecular complexity index is 667. The molecule has 2 aromatic rings. The van der Waals surface area contributed by atoms with Gasteiger partial charge in [0.2, 0.25) is 5.91 Å². The van der Waals surface area contributed by atoms with Crippen molar-refractivity contribution in [3.05, 3.63) is 55.8 Å². The van der Waals surface area contributed by atoms with Gasteiger partial charge in [-0.3, -0.25) is 14.9 Å². The standard InChI is InChI=1S/C13H13N3O3S/c1-8-4-10(2-3-12(8)16(18)19)15-6-11-5-9(7-20-11)13(14)17/h2-5,7,15H,6H2,1H3,(H2,14,17). The fourth-order valence-electron chi connectivity index (χ4n) is 1.76. The molecule has 1 amide bonds. The molecule has 0 saturated heterocycles. The quantitative estimate of drug-likeness (QED) is 0.653. The summed E-state index contributed by atoms with van der Waals surface area (Å²) >= 11 is 1.44. The average molecular weight is 291 g/mol. The van der Waals surface area contributed by atoms with Gasteiger partial charge in [0, 0.05) is 34.1 Å². The molecule has 1 heterocycles. The number of carbonyl (C=O) groups excluding carboxylic acids is 1. The molecule has 1 aromatic heterocycles. The number of benzene rings is 1. The molecule has 6 nitrogen and oxygen atoms in total. The summed E-state index contributed by atoms with van der Waals surface area (Å²) in [6, 6.07) is 6.59. The second kappa shape index (κ2) is 5.70. The molecule has 0 unspecified atom stereocenters. The Morgan fingerprint density at radius 3 is 2.75 bits per heavy atom. The number of carbonyl (C=O) groups is 1. The van der Waals surface area contributed by atoms with E-state index >= 15 is 0 Å². The van der Waals surface area contributed by atoms with E-state index in [0.717, 1.165) is 10.6 Å². The van der Waals surface area contributed by atoms with Crippen molar-refractivity contribution in [3.8, 4) is 0 Å². The van der Waals surface area contributed by atoms with Crippen molar-refractivity contribution >= 4 is 28.6 Å². The molecule has 2 rings (SSSR count). The third kappa shape index (κ3) is 3.12. The van der Waals surface area contributed by atoms with Gasteiger partial charge < -0.3 is 11.1 Å².